The van der Waals surface area contributed by atoms with Gasteiger partial charge in [0.05, 0.1) is 24.5 Å². The third-order valence-electron chi connectivity index (χ3n) is 5.05. The van der Waals surface area contributed by atoms with Gasteiger partial charge >= 0.3 is 0 Å². The summed E-state index contributed by atoms with van der Waals surface area (Å²) in [5.74, 6) is -0.256. The maximum atomic E-state index is 13.4. The SMILES string of the molecule is O=C(Nc1ccccc1C(=O)N1CCOCC1)[C@@H](Sc1ccccc1)c1ccccc1. The molecule has 2 amide bonds. The number of amides is 2. The molecule has 1 atom stereocenters. The Morgan fingerprint density at radius 2 is 1.45 bits per heavy atom. The summed E-state index contributed by atoms with van der Waals surface area (Å²) in [7, 11) is 0. The van der Waals surface area contributed by atoms with Crippen molar-refractivity contribution in [1.29, 1.82) is 0 Å². The standard InChI is InChI=1S/C25H24N2O3S/c28-24(23(19-9-3-1-4-10-19)31-20-11-5-2-6-12-20)26-22-14-8-7-13-21(22)25(29)27-15-17-30-18-16-27/h1-14,23H,15-18H2,(H,26,28)/t23-/m0/s1. The van der Waals surface area contributed by atoms with Crippen LogP contribution in [0.1, 0.15) is 21.2 Å². The van der Waals surface area contributed by atoms with Crippen LogP contribution < -0.4 is 5.32 Å². The Bertz CT molecular complexity index is 1020. The Labute approximate surface area is 186 Å². The van der Waals surface area contributed by atoms with Gasteiger partial charge in [-0.2, -0.15) is 0 Å². The highest BCUT2D eigenvalue weighted by Crippen LogP contribution is 2.36. The van der Waals surface area contributed by atoms with Crippen molar-refractivity contribution in [1.82, 2.24) is 4.90 Å². The number of thioether (sulfide) groups is 1. The predicted octanol–water partition coefficient (Wildman–Crippen LogP) is 4.63. The number of nitrogens with zero attached hydrogens (tertiary/aromatic N) is 1. The zero-order valence-corrected chi connectivity index (χ0v) is 17.9. The third kappa shape index (κ3) is 5.34. The number of hydrogen-bond donors (Lipinski definition) is 1. The number of morpholine rings is 1. The molecule has 1 saturated heterocycles. The van der Waals surface area contributed by atoms with Crippen molar-refractivity contribution in [2.75, 3.05) is 31.6 Å². The predicted molar refractivity (Wildman–Crippen MR) is 123 cm³/mol. The first-order valence-electron chi connectivity index (χ1n) is 10.3. The molecular formula is C25H24N2O3S. The van der Waals surface area contributed by atoms with E-state index in [0.717, 1.165) is 10.5 Å². The van der Waals surface area contributed by atoms with Gasteiger partial charge in [0.15, 0.2) is 0 Å². The van der Waals surface area contributed by atoms with Gasteiger partial charge in [-0.3, -0.25) is 9.59 Å². The van der Waals surface area contributed by atoms with Crippen molar-refractivity contribution in [3.05, 3.63) is 96.1 Å². The molecule has 6 heteroatoms. The van der Waals surface area contributed by atoms with Crippen LogP contribution in [0, 0.1) is 0 Å². The molecule has 3 aromatic carbocycles. The van der Waals surface area contributed by atoms with Crippen molar-refractivity contribution >= 4 is 29.3 Å². The summed E-state index contributed by atoms with van der Waals surface area (Å²) in [6.45, 7) is 2.17. The van der Waals surface area contributed by atoms with Crippen LogP contribution in [0.3, 0.4) is 0 Å². The number of carbonyl (C=O) groups is 2. The number of para-hydroxylation sites is 1. The van der Waals surface area contributed by atoms with Gasteiger partial charge in [0, 0.05) is 18.0 Å². The first-order valence-corrected chi connectivity index (χ1v) is 11.1. The number of nitrogens with one attached hydrogen (secondary N) is 1. The molecule has 1 fully saturated rings. The van der Waals surface area contributed by atoms with Crippen LogP contribution in [0.15, 0.2) is 89.8 Å². The Morgan fingerprint density at radius 1 is 0.839 bits per heavy atom. The smallest absolute Gasteiger partial charge is 0.256 e. The molecule has 31 heavy (non-hydrogen) atoms. The summed E-state index contributed by atoms with van der Waals surface area (Å²) in [5.41, 5.74) is 1.93. The molecule has 1 aliphatic heterocycles. The van der Waals surface area contributed by atoms with Gasteiger partial charge in [0.2, 0.25) is 5.91 Å². The van der Waals surface area contributed by atoms with Crippen molar-refractivity contribution < 1.29 is 14.3 Å². The molecule has 0 unspecified atom stereocenters. The Balaban J connectivity index is 1.58. The Morgan fingerprint density at radius 3 is 2.16 bits per heavy atom. The monoisotopic (exact) mass is 432 g/mol. The first kappa shape index (κ1) is 21.2. The second kappa shape index (κ2) is 10.3. The minimum Gasteiger partial charge on any atom is -0.378 e. The van der Waals surface area contributed by atoms with Crippen LogP contribution >= 0.6 is 11.8 Å². The van der Waals surface area contributed by atoms with Crippen molar-refractivity contribution in [2.24, 2.45) is 0 Å². The molecule has 0 spiro atoms. The fourth-order valence-corrected chi connectivity index (χ4v) is 4.50. The molecule has 1 heterocycles. The molecule has 5 nitrogen and oxygen atoms in total. The first-order chi connectivity index (χ1) is 15.2. The molecule has 158 valence electrons. The molecule has 0 radical (unpaired) electrons. The lowest BCUT2D eigenvalue weighted by atomic mass is 10.1. The quantitative estimate of drug-likeness (QED) is 0.577. The van der Waals surface area contributed by atoms with E-state index in [4.69, 9.17) is 4.74 Å². The highest BCUT2D eigenvalue weighted by atomic mass is 32.2. The Hall–Kier alpha value is -3.09. The number of anilines is 1. The maximum Gasteiger partial charge on any atom is 0.256 e. The van der Waals surface area contributed by atoms with Crippen LogP contribution in [0.2, 0.25) is 0 Å². The van der Waals surface area contributed by atoms with Gasteiger partial charge in [-0.05, 0) is 29.8 Å². The van der Waals surface area contributed by atoms with Gasteiger partial charge < -0.3 is 15.0 Å². The molecule has 0 aromatic heterocycles. The van der Waals surface area contributed by atoms with Crippen LogP contribution in [-0.2, 0) is 9.53 Å². The summed E-state index contributed by atoms with van der Waals surface area (Å²) < 4.78 is 5.35. The zero-order chi connectivity index (χ0) is 21.5. The highest BCUT2D eigenvalue weighted by Gasteiger charge is 2.25. The molecule has 4 rings (SSSR count). The van der Waals surface area contributed by atoms with Crippen LogP contribution in [0.5, 0.6) is 0 Å². The van der Waals surface area contributed by atoms with Gasteiger partial charge in [0.1, 0.15) is 5.25 Å². The topological polar surface area (TPSA) is 58.6 Å². The largest absolute Gasteiger partial charge is 0.378 e. The van der Waals surface area contributed by atoms with E-state index < -0.39 is 5.25 Å². The lowest BCUT2D eigenvalue weighted by molar-refractivity contribution is -0.115. The van der Waals surface area contributed by atoms with E-state index in [0.29, 0.717) is 37.6 Å². The molecule has 1 aliphatic rings. The summed E-state index contributed by atoms with van der Waals surface area (Å²) >= 11 is 1.49. The average Bonchev–Trinajstić information content (AvgIpc) is 2.84. The lowest BCUT2D eigenvalue weighted by Gasteiger charge is -2.27. The van der Waals surface area contributed by atoms with E-state index in [9.17, 15) is 9.59 Å². The minimum absolute atomic E-state index is 0.0915. The molecule has 0 saturated carbocycles. The molecule has 0 aliphatic carbocycles. The number of ether oxygens (including phenoxy) is 1. The molecule has 3 aromatic rings. The van der Waals surface area contributed by atoms with Gasteiger partial charge in [-0.25, -0.2) is 0 Å². The van der Waals surface area contributed by atoms with Crippen molar-refractivity contribution in [2.45, 2.75) is 10.1 Å². The summed E-state index contributed by atoms with van der Waals surface area (Å²) in [6, 6.07) is 26.7. The van der Waals surface area contributed by atoms with E-state index in [2.05, 4.69) is 5.32 Å². The highest BCUT2D eigenvalue weighted by molar-refractivity contribution is 8.00. The maximum absolute atomic E-state index is 13.4. The molecule has 1 N–H and O–H groups in total. The van der Waals surface area contributed by atoms with Gasteiger partial charge in [-0.1, -0.05) is 60.7 Å². The number of carbonyl (C=O) groups excluding carboxylic acids is 2. The van der Waals surface area contributed by atoms with E-state index in [-0.39, 0.29) is 11.8 Å². The van der Waals surface area contributed by atoms with E-state index in [1.54, 1.807) is 17.0 Å². The van der Waals surface area contributed by atoms with Crippen LogP contribution in [-0.4, -0.2) is 43.0 Å². The minimum atomic E-state index is -0.449. The second-order valence-electron chi connectivity index (χ2n) is 7.16. The normalized spacial score (nSPS) is 14.6. The zero-order valence-electron chi connectivity index (χ0n) is 17.1. The van der Waals surface area contributed by atoms with E-state index >= 15 is 0 Å². The molecule has 0 bridgehead atoms. The fraction of sp³-hybridized carbons (Fsp3) is 0.200. The van der Waals surface area contributed by atoms with Gasteiger partial charge in [-0.15, -0.1) is 11.8 Å². The molecular weight excluding hydrogens is 408 g/mol. The summed E-state index contributed by atoms with van der Waals surface area (Å²) in [6.07, 6.45) is 0. The number of hydrogen-bond acceptors (Lipinski definition) is 4. The number of benzene rings is 3. The summed E-state index contributed by atoms with van der Waals surface area (Å²) in [4.78, 5) is 29.2. The summed E-state index contributed by atoms with van der Waals surface area (Å²) in [5, 5.41) is 2.56. The van der Waals surface area contributed by atoms with E-state index in [1.165, 1.54) is 11.8 Å². The van der Waals surface area contributed by atoms with E-state index in [1.807, 2.05) is 72.8 Å². The average molecular weight is 433 g/mol. The number of rotatable bonds is 6. The van der Waals surface area contributed by atoms with Crippen LogP contribution in [0.4, 0.5) is 5.69 Å². The van der Waals surface area contributed by atoms with Crippen molar-refractivity contribution in [3.8, 4) is 0 Å². The second-order valence-corrected chi connectivity index (χ2v) is 8.34. The van der Waals surface area contributed by atoms with Crippen LogP contribution in [0.25, 0.3) is 0 Å². The van der Waals surface area contributed by atoms with Crippen molar-refractivity contribution in [3.63, 3.8) is 0 Å². The third-order valence-corrected chi connectivity index (χ3v) is 6.32. The fourth-order valence-electron chi connectivity index (χ4n) is 3.45. The van der Waals surface area contributed by atoms with Gasteiger partial charge in [0.25, 0.3) is 5.91 Å². The Kier molecular flexibility index (Phi) is 7.02. The lowest BCUT2D eigenvalue weighted by Crippen LogP contribution is -2.41.